The van der Waals surface area contributed by atoms with Crippen LogP contribution in [0.4, 0.5) is 5.69 Å². The molecule has 4 atom stereocenters. The SMILES string of the molecule is CN(CCCc1cc(N(C)C)c2c(c1O)C(O)=C1C(=O)[C@]3(O)C(O)=C(C(N)=O)C(=O)[C@@H](N(C)C)C3CC1C2)CC(C)(C)O. The molecule has 12 heteroatoms. The average molecular weight is 601 g/mol. The Balaban J connectivity index is 1.82. The molecule has 0 radical (unpaired) electrons. The number of nitrogens with zero attached hydrogens (tertiary/aromatic N) is 3. The molecule has 0 saturated heterocycles. The molecule has 0 spiro atoms. The van der Waals surface area contributed by atoms with Crippen molar-refractivity contribution in [1.29, 1.82) is 0 Å². The van der Waals surface area contributed by atoms with Gasteiger partial charge in [-0.1, -0.05) is 0 Å². The normalized spacial score (nSPS) is 25.7. The van der Waals surface area contributed by atoms with Crippen molar-refractivity contribution in [1.82, 2.24) is 9.80 Å². The van der Waals surface area contributed by atoms with E-state index in [1.165, 1.54) is 4.90 Å². The second kappa shape index (κ2) is 11.2. The minimum absolute atomic E-state index is 0.0364. The first-order valence-corrected chi connectivity index (χ1v) is 14.4. The molecule has 1 saturated carbocycles. The van der Waals surface area contributed by atoms with Gasteiger partial charge < -0.3 is 41.1 Å². The van der Waals surface area contributed by atoms with Crippen molar-refractivity contribution < 1.29 is 39.9 Å². The number of amides is 1. The first-order valence-electron chi connectivity index (χ1n) is 14.4. The van der Waals surface area contributed by atoms with Gasteiger partial charge >= 0.3 is 0 Å². The largest absolute Gasteiger partial charge is 0.508 e. The summed E-state index contributed by atoms with van der Waals surface area (Å²) in [7, 11) is 8.71. The van der Waals surface area contributed by atoms with Gasteiger partial charge in [0.2, 0.25) is 5.78 Å². The minimum Gasteiger partial charge on any atom is -0.508 e. The molecule has 1 amide bonds. The predicted octanol–water partition coefficient (Wildman–Crippen LogP) is 0.665. The maximum Gasteiger partial charge on any atom is 0.255 e. The number of ketones is 2. The standard InChI is InChI=1S/C31H44N4O8/c1-30(2,42)14-35(7)10-8-9-15-13-19(33(3)4)17-11-16-12-18-23(34(5)6)26(38)22(29(32)41)28(40)31(18,43)27(39)20(16)25(37)21(17)24(15)36/h13,16,18,23,36-37,40,42-43H,8-12,14H2,1-7H3,(H2,32,41)/t16?,18?,23-,31-/m0/s1. The molecule has 3 aliphatic carbocycles. The first-order chi connectivity index (χ1) is 19.8. The van der Waals surface area contributed by atoms with Gasteiger partial charge in [0.15, 0.2) is 11.4 Å². The van der Waals surface area contributed by atoms with Gasteiger partial charge in [-0.25, -0.2) is 0 Å². The molecular formula is C31H44N4O8. The van der Waals surface area contributed by atoms with Gasteiger partial charge in [0.05, 0.1) is 17.2 Å². The molecule has 0 aromatic heterocycles. The fourth-order valence-corrected chi connectivity index (χ4v) is 7.21. The number of phenolic OH excluding ortho intramolecular Hbond substituents is 1. The van der Waals surface area contributed by atoms with Crippen LogP contribution < -0.4 is 10.6 Å². The Hall–Kier alpha value is -3.45. The average Bonchev–Trinajstić information content (AvgIpc) is 2.85. The molecule has 0 aliphatic heterocycles. The van der Waals surface area contributed by atoms with Gasteiger partial charge in [0.1, 0.15) is 22.8 Å². The zero-order valence-electron chi connectivity index (χ0n) is 25.9. The molecule has 7 N–H and O–H groups in total. The highest BCUT2D eigenvalue weighted by molar-refractivity contribution is 6.24. The summed E-state index contributed by atoms with van der Waals surface area (Å²) < 4.78 is 0. The van der Waals surface area contributed by atoms with Crippen LogP contribution in [0.25, 0.3) is 5.76 Å². The maximum atomic E-state index is 14.1. The number of aliphatic hydroxyl groups excluding tert-OH is 2. The number of carbonyl (C=O) groups is 3. The lowest BCUT2D eigenvalue weighted by Gasteiger charge is -2.50. The molecule has 1 aromatic carbocycles. The number of primary amides is 1. The number of aryl methyl sites for hydroxylation is 1. The Morgan fingerprint density at radius 1 is 1.12 bits per heavy atom. The molecule has 0 heterocycles. The number of phenols is 1. The fraction of sp³-hybridized carbons (Fsp3) is 0.581. The Morgan fingerprint density at radius 2 is 1.74 bits per heavy atom. The number of fused-ring (bicyclic) bond motifs is 3. The summed E-state index contributed by atoms with van der Waals surface area (Å²) in [4.78, 5) is 44.9. The van der Waals surface area contributed by atoms with Gasteiger partial charge in [0.25, 0.3) is 5.91 Å². The summed E-state index contributed by atoms with van der Waals surface area (Å²) >= 11 is 0. The van der Waals surface area contributed by atoms with E-state index in [9.17, 15) is 39.9 Å². The number of aromatic hydroxyl groups is 1. The highest BCUT2D eigenvalue weighted by Gasteiger charge is 2.64. The summed E-state index contributed by atoms with van der Waals surface area (Å²) in [5.41, 5.74) is 2.86. The summed E-state index contributed by atoms with van der Waals surface area (Å²) in [6, 6.07) is 0.736. The monoisotopic (exact) mass is 600 g/mol. The van der Waals surface area contributed by atoms with E-state index < -0.39 is 63.6 Å². The van der Waals surface area contributed by atoms with Crippen LogP contribution >= 0.6 is 0 Å². The minimum atomic E-state index is -2.67. The summed E-state index contributed by atoms with van der Waals surface area (Å²) in [5, 5.41) is 56.0. The van der Waals surface area contributed by atoms with Crippen LogP contribution in [0.2, 0.25) is 0 Å². The van der Waals surface area contributed by atoms with Crippen molar-refractivity contribution >= 4 is 28.9 Å². The smallest absolute Gasteiger partial charge is 0.255 e. The van der Waals surface area contributed by atoms with Gasteiger partial charge in [-0.2, -0.15) is 0 Å². The van der Waals surface area contributed by atoms with E-state index in [1.54, 1.807) is 27.9 Å². The van der Waals surface area contributed by atoms with Crippen molar-refractivity contribution in [2.45, 2.75) is 56.8 Å². The zero-order valence-corrected chi connectivity index (χ0v) is 25.9. The van der Waals surface area contributed by atoms with Crippen molar-refractivity contribution in [2.24, 2.45) is 17.6 Å². The molecule has 2 unspecified atom stereocenters. The lowest BCUT2D eigenvalue weighted by molar-refractivity contribution is -0.153. The van der Waals surface area contributed by atoms with Gasteiger partial charge in [-0.15, -0.1) is 0 Å². The number of rotatable bonds is 9. The zero-order chi connectivity index (χ0) is 32.3. The van der Waals surface area contributed by atoms with E-state index in [2.05, 4.69) is 0 Å². The van der Waals surface area contributed by atoms with Crippen molar-refractivity contribution in [2.75, 3.05) is 53.2 Å². The first kappa shape index (κ1) is 32.5. The summed E-state index contributed by atoms with van der Waals surface area (Å²) in [6.45, 7) is 4.56. The lowest BCUT2D eigenvalue weighted by atomic mass is 9.57. The topological polar surface area (TPSA) is 188 Å². The van der Waals surface area contributed by atoms with E-state index >= 15 is 0 Å². The third-order valence-electron chi connectivity index (χ3n) is 8.90. The van der Waals surface area contributed by atoms with E-state index in [-0.39, 0.29) is 29.7 Å². The number of carbonyl (C=O) groups excluding carboxylic acids is 3. The second-order valence-electron chi connectivity index (χ2n) is 13.3. The van der Waals surface area contributed by atoms with E-state index in [1.807, 2.05) is 37.0 Å². The molecule has 1 fully saturated rings. The Morgan fingerprint density at radius 3 is 2.28 bits per heavy atom. The van der Waals surface area contributed by atoms with Crippen LogP contribution in [0.3, 0.4) is 0 Å². The van der Waals surface area contributed by atoms with Gasteiger partial charge in [0, 0.05) is 37.8 Å². The third-order valence-corrected chi connectivity index (χ3v) is 8.90. The van der Waals surface area contributed by atoms with Crippen molar-refractivity contribution in [3.63, 3.8) is 0 Å². The van der Waals surface area contributed by atoms with Crippen LogP contribution in [0.5, 0.6) is 5.75 Å². The van der Waals surface area contributed by atoms with Crippen LogP contribution in [-0.2, 0) is 27.2 Å². The van der Waals surface area contributed by atoms with Gasteiger partial charge in [-0.3, -0.25) is 19.3 Å². The van der Waals surface area contributed by atoms with E-state index in [0.717, 1.165) is 5.69 Å². The highest BCUT2D eigenvalue weighted by Crippen LogP contribution is 2.54. The lowest BCUT2D eigenvalue weighted by Crippen LogP contribution is -2.65. The van der Waals surface area contributed by atoms with E-state index in [0.29, 0.717) is 37.1 Å². The molecule has 43 heavy (non-hydrogen) atoms. The number of benzene rings is 1. The second-order valence-corrected chi connectivity index (χ2v) is 13.3. The van der Waals surface area contributed by atoms with Crippen LogP contribution in [-0.4, -0.2) is 118 Å². The maximum absolute atomic E-state index is 14.1. The van der Waals surface area contributed by atoms with Crippen LogP contribution in [0.15, 0.2) is 23.0 Å². The molecule has 12 nitrogen and oxygen atoms in total. The predicted molar refractivity (Wildman–Crippen MR) is 161 cm³/mol. The van der Waals surface area contributed by atoms with E-state index in [4.69, 9.17) is 5.73 Å². The van der Waals surface area contributed by atoms with Crippen LogP contribution in [0.1, 0.15) is 43.4 Å². The fourth-order valence-electron chi connectivity index (χ4n) is 7.21. The number of aliphatic hydroxyl groups is 4. The Kier molecular flexibility index (Phi) is 8.48. The summed E-state index contributed by atoms with van der Waals surface area (Å²) in [5.74, 6) is -6.63. The molecule has 3 aliphatic rings. The molecule has 4 rings (SSSR count). The number of nitrogens with two attached hydrogens (primary N) is 1. The number of anilines is 1. The third kappa shape index (κ3) is 5.41. The van der Waals surface area contributed by atoms with Crippen molar-refractivity contribution in [3.8, 4) is 5.75 Å². The number of Topliss-reactive ketones (excluding diaryl/α,β-unsaturated/α-hetero) is 2. The Labute approximate surface area is 251 Å². The summed E-state index contributed by atoms with van der Waals surface area (Å²) in [6.07, 6.45) is 1.35. The number of likely N-dealkylation sites (N-methyl/N-ethyl adjacent to an activating group) is 2. The highest BCUT2D eigenvalue weighted by atomic mass is 16.3. The molecule has 0 bridgehead atoms. The van der Waals surface area contributed by atoms with Crippen LogP contribution in [0, 0.1) is 11.8 Å². The van der Waals surface area contributed by atoms with Crippen molar-refractivity contribution in [3.05, 3.63) is 39.7 Å². The molecule has 1 aromatic rings. The number of hydrogen-bond acceptors (Lipinski definition) is 11. The Bertz CT molecular complexity index is 1420. The molecule has 236 valence electrons. The quantitative estimate of drug-likeness (QED) is 0.219. The number of hydrogen-bond donors (Lipinski definition) is 6. The van der Waals surface area contributed by atoms with Gasteiger partial charge in [-0.05, 0) is 90.3 Å². The molecular weight excluding hydrogens is 556 g/mol.